The fraction of sp³-hybridized carbons (Fsp3) is 0.303. The van der Waals surface area contributed by atoms with E-state index in [1.54, 1.807) is 18.0 Å². The highest BCUT2D eigenvalue weighted by Crippen LogP contribution is 2.35. The monoisotopic (exact) mass is 634 g/mol. The first-order valence-electron chi connectivity index (χ1n) is 14.5. The molecule has 1 aromatic heterocycles. The number of amides is 2. The first kappa shape index (κ1) is 32.0. The average molecular weight is 635 g/mol. The summed E-state index contributed by atoms with van der Waals surface area (Å²) < 4.78 is 42.6. The summed E-state index contributed by atoms with van der Waals surface area (Å²) in [6.45, 7) is 8.56. The number of hydrogen-bond acceptors (Lipinski definition) is 5. The Bertz CT molecular complexity index is 1700. The van der Waals surface area contributed by atoms with Gasteiger partial charge >= 0.3 is 12.4 Å². The van der Waals surface area contributed by atoms with E-state index in [1.165, 1.54) is 40.8 Å². The number of carbonyl (C=O) groups excluding carboxylic acids is 1. The second-order valence-corrected chi connectivity index (χ2v) is 12.1. The van der Waals surface area contributed by atoms with Gasteiger partial charge in [-0.05, 0) is 73.2 Å². The third kappa shape index (κ3) is 8.18. The van der Waals surface area contributed by atoms with Crippen LogP contribution in [0, 0.1) is 6.92 Å². The summed E-state index contributed by atoms with van der Waals surface area (Å²) in [5, 5.41) is 5.10. The molecule has 3 aromatic carbocycles. The van der Waals surface area contributed by atoms with Gasteiger partial charge in [-0.25, -0.2) is 19.5 Å². The molecule has 0 saturated carbocycles. The number of thioether (sulfide) groups is 1. The van der Waals surface area contributed by atoms with Gasteiger partial charge in [-0.3, -0.25) is 0 Å². The summed E-state index contributed by atoms with van der Waals surface area (Å²) in [5.74, 6) is 1.36. The second-order valence-electron chi connectivity index (χ2n) is 11.0. The second kappa shape index (κ2) is 13.7. The number of amidine groups is 1. The quantitative estimate of drug-likeness (QED) is 0.190. The molecule has 8 nitrogen and oxygen atoms in total. The standard InChI is InChI=1S/C33H33F3N6O2S/c1-21(2)28-14-5-22(3)19-29(28)42-23(4)16-18-45-32(42)39-31(43)37-17-15-24-6-8-25(9-7-24)30-38-20-41(40-30)26-10-12-27(13-11-26)44-33(34,35)36/h5-14,17,19-21,23H,15-16,18H2,1-4H3. The van der Waals surface area contributed by atoms with Crippen LogP contribution in [0.4, 0.5) is 23.7 Å². The average Bonchev–Trinajstić information content (AvgIpc) is 3.47. The van der Waals surface area contributed by atoms with E-state index in [4.69, 9.17) is 0 Å². The highest BCUT2D eigenvalue weighted by molar-refractivity contribution is 8.14. The molecule has 0 radical (unpaired) electrons. The van der Waals surface area contributed by atoms with Crippen molar-refractivity contribution in [3.63, 3.8) is 0 Å². The zero-order valence-corrected chi connectivity index (χ0v) is 26.1. The fourth-order valence-electron chi connectivity index (χ4n) is 4.94. The van der Waals surface area contributed by atoms with Crippen molar-refractivity contribution in [1.29, 1.82) is 0 Å². The number of aromatic nitrogens is 3. The predicted octanol–water partition coefficient (Wildman–Crippen LogP) is 8.39. The number of alkyl halides is 3. The minimum Gasteiger partial charge on any atom is -0.406 e. The molecular formula is C33H33F3N6O2S. The number of carbonyl (C=O) groups is 1. The normalized spacial score (nSPS) is 16.6. The van der Waals surface area contributed by atoms with Gasteiger partial charge in [0.15, 0.2) is 11.0 Å². The van der Waals surface area contributed by atoms with Crippen LogP contribution in [0.2, 0.25) is 0 Å². The zero-order chi connectivity index (χ0) is 32.1. The number of hydrogen-bond donors (Lipinski definition) is 0. The Hall–Kier alpha value is -4.45. The Labute approximate surface area is 264 Å². The molecule has 1 saturated heterocycles. The topological polar surface area (TPSA) is 85.0 Å². The van der Waals surface area contributed by atoms with Gasteiger partial charge in [0, 0.05) is 35.7 Å². The van der Waals surface area contributed by atoms with Gasteiger partial charge in [0.2, 0.25) is 0 Å². The van der Waals surface area contributed by atoms with Crippen molar-refractivity contribution < 1.29 is 22.7 Å². The lowest BCUT2D eigenvalue weighted by molar-refractivity contribution is -0.274. The highest BCUT2D eigenvalue weighted by Gasteiger charge is 2.31. The Morgan fingerprint density at radius 3 is 2.53 bits per heavy atom. The number of aryl methyl sites for hydroxylation is 1. The van der Waals surface area contributed by atoms with Crippen LogP contribution in [0.1, 0.15) is 49.8 Å². The SMILES string of the molecule is Cc1ccc(C(C)C)c(N2C(=NC(=O)N=CCc3ccc(-c4ncn(-c5ccc(OC(F)(F)F)cc5)n4)cc3)SCCC2C)c1. The van der Waals surface area contributed by atoms with Crippen LogP contribution in [0.3, 0.4) is 0 Å². The molecule has 1 fully saturated rings. The molecule has 5 rings (SSSR count). The molecule has 0 spiro atoms. The zero-order valence-electron chi connectivity index (χ0n) is 25.3. The number of halogens is 3. The van der Waals surface area contributed by atoms with E-state index < -0.39 is 12.4 Å². The van der Waals surface area contributed by atoms with E-state index in [0.717, 1.165) is 34.6 Å². The summed E-state index contributed by atoms with van der Waals surface area (Å²) in [5.41, 5.74) is 5.70. The maximum Gasteiger partial charge on any atom is 0.573 e. The first-order valence-corrected chi connectivity index (χ1v) is 15.5. The molecule has 2 heterocycles. The molecule has 12 heteroatoms. The first-order chi connectivity index (χ1) is 21.5. The van der Waals surface area contributed by atoms with Gasteiger partial charge in [0.25, 0.3) is 0 Å². The van der Waals surface area contributed by atoms with Crippen molar-refractivity contribution in [3.05, 3.63) is 89.7 Å². The van der Waals surface area contributed by atoms with Gasteiger partial charge in [-0.1, -0.05) is 62.0 Å². The van der Waals surface area contributed by atoms with Gasteiger partial charge < -0.3 is 9.64 Å². The lowest BCUT2D eigenvalue weighted by Crippen LogP contribution is -2.42. The molecule has 45 heavy (non-hydrogen) atoms. The van der Waals surface area contributed by atoms with Gasteiger partial charge in [-0.2, -0.15) is 4.99 Å². The fourth-order valence-corrected chi connectivity index (χ4v) is 6.14. The summed E-state index contributed by atoms with van der Waals surface area (Å²) in [4.78, 5) is 27.8. The van der Waals surface area contributed by atoms with Crippen LogP contribution >= 0.6 is 11.8 Å². The largest absolute Gasteiger partial charge is 0.573 e. The maximum atomic E-state index is 12.8. The lowest BCUT2D eigenvalue weighted by atomic mass is 9.98. The van der Waals surface area contributed by atoms with E-state index >= 15 is 0 Å². The molecule has 0 aliphatic carbocycles. The molecule has 0 N–H and O–H groups in total. The Morgan fingerprint density at radius 1 is 1.11 bits per heavy atom. The van der Waals surface area contributed by atoms with Crippen molar-refractivity contribution in [2.24, 2.45) is 9.98 Å². The van der Waals surface area contributed by atoms with Crippen molar-refractivity contribution in [2.45, 2.75) is 58.9 Å². The molecule has 4 aromatic rings. The van der Waals surface area contributed by atoms with Crippen LogP contribution in [-0.4, -0.2) is 50.3 Å². The van der Waals surface area contributed by atoms with Crippen molar-refractivity contribution in [2.75, 3.05) is 10.7 Å². The Balaban J connectivity index is 1.23. The number of nitrogens with zero attached hydrogens (tertiary/aromatic N) is 6. The van der Waals surface area contributed by atoms with E-state index in [2.05, 4.69) is 75.6 Å². The third-order valence-electron chi connectivity index (χ3n) is 7.24. The molecular weight excluding hydrogens is 601 g/mol. The number of anilines is 1. The summed E-state index contributed by atoms with van der Waals surface area (Å²) in [6.07, 6.45) is -0.274. The smallest absolute Gasteiger partial charge is 0.406 e. The lowest BCUT2D eigenvalue weighted by Gasteiger charge is -2.37. The van der Waals surface area contributed by atoms with Crippen LogP contribution in [0.5, 0.6) is 5.75 Å². The Kier molecular flexibility index (Phi) is 9.71. The van der Waals surface area contributed by atoms with E-state index in [-0.39, 0.29) is 11.8 Å². The number of rotatable bonds is 7. The van der Waals surface area contributed by atoms with Crippen LogP contribution in [0.15, 0.2) is 83.0 Å². The molecule has 1 atom stereocenters. The third-order valence-corrected chi connectivity index (χ3v) is 8.23. The van der Waals surface area contributed by atoms with Crippen LogP contribution in [-0.2, 0) is 6.42 Å². The predicted molar refractivity (Wildman–Crippen MR) is 173 cm³/mol. The molecule has 2 amide bonds. The van der Waals surface area contributed by atoms with E-state index in [0.29, 0.717) is 29.0 Å². The van der Waals surface area contributed by atoms with Crippen LogP contribution < -0.4 is 9.64 Å². The number of benzene rings is 3. The maximum absolute atomic E-state index is 12.8. The molecule has 1 aliphatic rings. The van der Waals surface area contributed by atoms with Crippen molar-refractivity contribution in [1.82, 2.24) is 14.8 Å². The number of ether oxygens (including phenoxy) is 1. The summed E-state index contributed by atoms with van der Waals surface area (Å²) >= 11 is 1.58. The van der Waals surface area contributed by atoms with Crippen molar-refractivity contribution in [3.8, 4) is 22.8 Å². The molecule has 234 valence electrons. The minimum atomic E-state index is -4.75. The van der Waals surface area contributed by atoms with Crippen LogP contribution in [0.25, 0.3) is 17.1 Å². The minimum absolute atomic E-state index is 0.207. The van der Waals surface area contributed by atoms with Crippen molar-refractivity contribution >= 4 is 34.9 Å². The molecule has 1 aliphatic heterocycles. The highest BCUT2D eigenvalue weighted by atomic mass is 32.2. The number of aliphatic imine (C=N–C) groups is 2. The molecule has 1 unspecified atom stereocenters. The van der Waals surface area contributed by atoms with E-state index in [1.807, 2.05) is 24.3 Å². The number of urea groups is 1. The van der Waals surface area contributed by atoms with E-state index in [9.17, 15) is 18.0 Å². The Morgan fingerprint density at radius 2 is 1.84 bits per heavy atom. The van der Waals surface area contributed by atoms with Gasteiger partial charge in [0.1, 0.15) is 12.1 Å². The summed E-state index contributed by atoms with van der Waals surface area (Å²) in [7, 11) is 0. The molecule has 0 bridgehead atoms. The summed E-state index contributed by atoms with van der Waals surface area (Å²) in [6, 6.07) is 19.0. The van der Waals surface area contributed by atoms with Gasteiger partial charge in [-0.15, -0.1) is 18.3 Å². The van der Waals surface area contributed by atoms with Gasteiger partial charge in [0.05, 0.1) is 5.69 Å².